The average molecular weight is 206 g/mol. The van der Waals surface area contributed by atoms with Crippen molar-refractivity contribution in [1.29, 1.82) is 0 Å². The van der Waals surface area contributed by atoms with Crippen LogP contribution in [0.15, 0.2) is 18.2 Å². The number of rotatable bonds is 1. The largest absolute Gasteiger partial charge is 0.426 e. The third-order valence-corrected chi connectivity index (χ3v) is 2.02. The number of hydrogen-bond donors (Lipinski definition) is 0. The molecule has 0 aromatic heterocycles. The zero-order chi connectivity index (χ0) is 11.6. The van der Waals surface area contributed by atoms with Crippen LogP contribution in [0, 0.1) is 19.3 Å². The van der Waals surface area contributed by atoms with Crippen LogP contribution in [0.1, 0.15) is 31.9 Å². The Hall–Kier alpha value is -1.31. The van der Waals surface area contributed by atoms with E-state index < -0.39 is 5.41 Å². The van der Waals surface area contributed by atoms with Gasteiger partial charge < -0.3 is 4.74 Å². The molecule has 1 aromatic carbocycles. The maximum atomic E-state index is 11.6. The minimum Gasteiger partial charge on any atom is -0.426 e. The molecule has 0 aliphatic rings. The van der Waals surface area contributed by atoms with E-state index in [1.807, 2.05) is 46.8 Å². The number of hydrogen-bond acceptors (Lipinski definition) is 2. The summed E-state index contributed by atoms with van der Waals surface area (Å²) in [6.45, 7) is 9.51. The van der Waals surface area contributed by atoms with E-state index >= 15 is 0 Å². The lowest BCUT2D eigenvalue weighted by Gasteiger charge is -2.16. The van der Waals surface area contributed by atoms with Crippen molar-refractivity contribution in [2.24, 2.45) is 5.41 Å². The maximum absolute atomic E-state index is 11.6. The molecule has 0 atom stereocenters. The van der Waals surface area contributed by atoms with Crippen LogP contribution in [-0.2, 0) is 4.79 Å². The van der Waals surface area contributed by atoms with E-state index in [2.05, 4.69) is 6.07 Å². The van der Waals surface area contributed by atoms with Crippen LogP contribution in [0.25, 0.3) is 0 Å². The summed E-state index contributed by atoms with van der Waals surface area (Å²) in [6, 6.07) is 5.79. The lowest BCUT2D eigenvalue weighted by atomic mass is 9.97. The summed E-state index contributed by atoms with van der Waals surface area (Å²) in [5.74, 6) is 0.430. The molecule has 82 valence electrons. The molecule has 0 aliphatic heterocycles. The molecule has 1 aromatic rings. The first-order chi connectivity index (χ1) is 6.79. The first-order valence-electron chi connectivity index (χ1n) is 5.09. The summed E-state index contributed by atoms with van der Waals surface area (Å²) in [7, 11) is 0. The molecular formula is C13H18O2. The van der Waals surface area contributed by atoms with Gasteiger partial charge in [-0.1, -0.05) is 6.07 Å². The molecule has 0 radical (unpaired) electrons. The van der Waals surface area contributed by atoms with E-state index in [0.717, 1.165) is 11.1 Å². The Labute approximate surface area is 91.3 Å². The van der Waals surface area contributed by atoms with Crippen LogP contribution in [-0.4, -0.2) is 5.97 Å². The van der Waals surface area contributed by atoms with Gasteiger partial charge in [0.05, 0.1) is 5.41 Å². The van der Waals surface area contributed by atoms with Gasteiger partial charge in [-0.15, -0.1) is 0 Å². The van der Waals surface area contributed by atoms with Crippen molar-refractivity contribution < 1.29 is 9.53 Å². The molecule has 0 unspecified atom stereocenters. The molecule has 0 amide bonds. The second kappa shape index (κ2) is 4.05. The molecule has 0 saturated heterocycles. The van der Waals surface area contributed by atoms with Crippen LogP contribution in [0.2, 0.25) is 0 Å². The number of esters is 1. The van der Waals surface area contributed by atoms with Crippen molar-refractivity contribution in [3.8, 4) is 5.75 Å². The molecule has 0 aliphatic carbocycles. The van der Waals surface area contributed by atoms with Crippen LogP contribution in [0.4, 0.5) is 0 Å². The maximum Gasteiger partial charge on any atom is 0.316 e. The van der Waals surface area contributed by atoms with Crippen molar-refractivity contribution >= 4 is 5.97 Å². The van der Waals surface area contributed by atoms with E-state index in [-0.39, 0.29) is 5.97 Å². The van der Waals surface area contributed by atoms with Gasteiger partial charge in [0.25, 0.3) is 0 Å². The molecule has 0 heterocycles. The molecule has 1 rings (SSSR count). The fourth-order valence-electron chi connectivity index (χ4n) is 1.25. The summed E-state index contributed by atoms with van der Waals surface area (Å²) in [5, 5.41) is 0. The summed E-state index contributed by atoms with van der Waals surface area (Å²) < 4.78 is 5.30. The minimum atomic E-state index is -0.461. The standard InChI is InChI=1S/C13H18O2/c1-9-6-10(2)8-11(7-9)15-12(14)13(3,4)5/h6-8H,1-5H3. The van der Waals surface area contributed by atoms with Crippen molar-refractivity contribution in [2.75, 3.05) is 0 Å². The highest BCUT2D eigenvalue weighted by atomic mass is 16.5. The summed E-state index contributed by atoms with van der Waals surface area (Å²) in [5.41, 5.74) is 1.75. The first-order valence-corrected chi connectivity index (χ1v) is 5.09. The molecule has 2 heteroatoms. The fourth-order valence-corrected chi connectivity index (χ4v) is 1.25. The van der Waals surface area contributed by atoms with Gasteiger partial charge >= 0.3 is 5.97 Å². The van der Waals surface area contributed by atoms with Crippen LogP contribution in [0.5, 0.6) is 5.75 Å². The summed E-state index contributed by atoms with van der Waals surface area (Å²) >= 11 is 0. The topological polar surface area (TPSA) is 26.3 Å². The number of carbonyl (C=O) groups is 1. The predicted octanol–water partition coefficient (Wildman–Crippen LogP) is 3.25. The number of ether oxygens (including phenoxy) is 1. The Bertz CT molecular complexity index is 352. The van der Waals surface area contributed by atoms with Crippen LogP contribution in [0.3, 0.4) is 0 Å². The SMILES string of the molecule is Cc1cc(C)cc(OC(=O)C(C)(C)C)c1. The normalized spacial score (nSPS) is 11.3. The van der Waals surface area contributed by atoms with Crippen molar-refractivity contribution in [3.63, 3.8) is 0 Å². The van der Waals surface area contributed by atoms with Crippen molar-refractivity contribution in [2.45, 2.75) is 34.6 Å². The summed E-state index contributed by atoms with van der Waals surface area (Å²) in [4.78, 5) is 11.6. The Kier molecular flexibility index (Phi) is 3.18. The van der Waals surface area contributed by atoms with E-state index in [9.17, 15) is 4.79 Å². The summed E-state index contributed by atoms with van der Waals surface area (Å²) in [6.07, 6.45) is 0. The molecule has 0 N–H and O–H groups in total. The predicted molar refractivity (Wildman–Crippen MR) is 61.0 cm³/mol. The van der Waals surface area contributed by atoms with E-state index in [4.69, 9.17) is 4.74 Å². The van der Waals surface area contributed by atoms with Crippen LogP contribution < -0.4 is 4.74 Å². The lowest BCUT2D eigenvalue weighted by molar-refractivity contribution is -0.142. The van der Waals surface area contributed by atoms with Gasteiger partial charge in [0.1, 0.15) is 5.75 Å². The van der Waals surface area contributed by atoms with Gasteiger partial charge in [-0.3, -0.25) is 4.79 Å². The minimum absolute atomic E-state index is 0.201. The van der Waals surface area contributed by atoms with E-state index in [1.54, 1.807) is 0 Å². The second-order valence-corrected chi connectivity index (χ2v) is 4.96. The van der Waals surface area contributed by atoms with Gasteiger partial charge in [0, 0.05) is 0 Å². The quantitative estimate of drug-likeness (QED) is 0.520. The molecule has 0 spiro atoms. The molecular weight excluding hydrogens is 188 g/mol. The van der Waals surface area contributed by atoms with Gasteiger partial charge in [0.15, 0.2) is 0 Å². The molecule has 0 saturated carbocycles. The van der Waals surface area contributed by atoms with Crippen molar-refractivity contribution in [1.82, 2.24) is 0 Å². The molecule has 0 bridgehead atoms. The molecule has 0 fully saturated rings. The zero-order valence-electron chi connectivity index (χ0n) is 10.0. The van der Waals surface area contributed by atoms with E-state index in [1.165, 1.54) is 0 Å². The Morgan fingerprint density at radius 3 is 1.93 bits per heavy atom. The number of aryl methyl sites for hydroxylation is 2. The van der Waals surface area contributed by atoms with Gasteiger partial charge in [0.2, 0.25) is 0 Å². The number of carbonyl (C=O) groups excluding carboxylic acids is 1. The fraction of sp³-hybridized carbons (Fsp3) is 0.462. The first kappa shape index (κ1) is 11.8. The highest BCUT2D eigenvalue weighted by molar-refractivity contribution is 5.77. The zero-order valence-corrected chi connectivity index (χ0v) is 10.0. The lowest BCUT2D eigenvalue weighted by Crippen LogP contribution is -2.25. The molecule has 15 heavy (non-hydrogen) atoms. The average Bonchev–Trinajstić information content (AvgIpc) is 1.99. The third-order valence-electron chi connectivity index (χ3n) is 2.02. The van der Waals surface area contributed by atoms with Gasteiger partial charge in [-0.25, -0.2) is 0 Å². The smallest absolute Gasteiger partial charge is 0.316 e. The van der Waals surface area contributed by atoms with Gasteiger partial charge in [-0.2, -0.15) is 0 Å². The number of benzene rings is 1. The van der Waals surface area contributed by atoms with E-state index in [0.29, 0.717) is 5.75 Å². The second-order valence-electron chi connectivity index (χ2n) is 4.96. The van der Waals surface area contributed by atoms with Gasteiger partial charge in [-0.05, 0) is 57.9 Å². The Morgan fingerprint density at radius 2 is 1.53 bits per heavy atom. The van der Waals surface area contributed by atoms with Crippen LogP contribution >= 0.6 is 0 Å². The monoisotopic (exact) mass is 206 g/mol. The highest BCUT2D eigenvalue weighted by Crippen LogP contribution is 2.21. The highest BCUT2D eigenvalue weighted by Gasteiger charge is 2.23. The van der Waals surface area contributed by atoms with Crippen molar-refractivity contribution in [3.05, 3.63) is 29.3 Å². The Balaban J connectivity index is 2.86. The Morgan fingerprint density at radius 1 is 1.07 bits per heavy atom. The third kappa shape index (κ3) is 3.39. The molecule has 2 nitrogen and oxygen atoms in total.